The lowest BCUT2D eigenvalue weighted by Crippen LogP contribution is -2.23. The smallest absolute Gasteiger partial charge is 0.240 e. The van der Waals surface area contributed by atoms with Gasteiger partial charge in [-0.05, 0) is 23.3 Å². The van der Waals surface area contributed by atoms with E-state index in [-0.39, 0.29) is 18.0 Å². The molecule has 0 saturated carbocycles. The van der Waals surface area contributed by atoms with Crippen LogP contribution in [0.5, 0.6) is 0 Å². The molecule has 2 aromatic carbocycles. The first kappa shape index (κ1) is 13.7. The van der Waals surface area contributed by atoms with Gasteiger partial charge in [-0.25, -0.2) is 13.1 Å². The largest absolute Gasteiger partial charge is 0.392 e. The third-order valence-corrected chi connectivity index (χ3v) is 4.14. The minimum absolute atomic E-state index is 0.0178. The lowest BCUT2D eigenvalue weighted by molar-refractivity contribution is 0.282. The average molecular weight is 277 g/mol. The van der Waals surface area contributed by atoms with E-state index in [1.165, 1.54) is 0 Å². The zero-order chi connectivity index (χ0) is 13.7. The van der Waals surface area contributed by atoms with Crippen LogP contribution < -0.4 is 4.72 Å². The van der Waals surface area contributed by atoms with Crippen LogP contribution in [0.4, 0.5) is 0 Å². The molecular formula is C14H15NO3S. The van der Waals surface area contributed by atoms with Crippen molar-refractivity contribution in [1.29, 1.82) is 0 Å². The number of rotatable bonds is 5. The first-order valence-electron chi connectivity index (χ1n) is 5.85. The molecule has 0 radical (unpaired) electrons. The summed E-state index contributed by atoms with van der Waals surface area (Å²) in [7, 11) is -3.47. The van der Waals surface area contributed by atoms with Crippen LogP contribution in [0, 0.1) is 0 Å². The van der Waals surface area contributed by atoms with Crippen molar-refractivity contribution in [2.75, 3.05) is 0 Å². The van der Waals surface area contributed by atoms with E-state index in [4.69, 9.17) is 5.11 Å². The molecule has 0 saturated heterocycles. The molecule has 0 heterocycles. The number of aliphatic hydroxyl groups is 1. The van der Waals surface area contributed by atoms with Gasteiger partial charge in [0.05, 0.1) is 11.5 Å². The van der Waals surface area contributed by atoms with Crippen LogP contribution in [0.3, 0.4) is 0 Å². The molecule has 2 aromatic rings. The molecular weight excluding hydrogens is 262 g/mol. The fourth-order valence-corrected chi connectivity index (χ4v) is 2.66. The second-order valence-electron chi connectivity index (χ2n) is 4.11. The third-order valence-electron chi connectivity index (χ3n) is 2.73. The van der Waals surface area contributed by atoms with Gasteiger partial charge in [-0.2, -0.15) is 0 Å². The molecule has 19 heavy (non-hydrogen) atoms. The molecule has 0 aliphatic rings. The summed E-state index contributed by atoms with van der Waals surface area (Å²) < 4.78 is 26.5. The van der Waals surface area contributed by atoms with E-state index >= 15 is 0 Å². The summed E-state index contributed by atoms with van der Waals surface area (Å²) in [6.45, 7) is 0.207. The number of sulfonamides is 1. The molecule has 0 bridgehead atoms. The highest BCUT2D eigenvalue weighted by atomic mass is 32.2. The van der Waals surface area contributed by atoms with Gasteiger partial charge in [-0.3, -0.25) is 0 Å². The zero-order valence-corrected chi connectivity index (χ0v) is 11.1. The molecule has 0 aliphatic heterocycles. The number of benzene rings is 2. The third kappa shape index (κ3) is 3.64. The number of hydrogen-bond donors (Lipinski definition) is 2. The summed E-state index contributed by atoms with van der Waals surface area (Å²) in [6, 6.07) is 15.4. The zero-order valence-electron chi connectivity index (χ0n) is 10.3. The maximum Gasteiger partial charge on any atom is 0.240 e. The summed E-state index contributed by atoms with van der Waals surface area (Å²) in [5.74, 6) is 0. The van der Waals surface area contributed by atoms with Gasteiger partial charge in [-0.15, -0.1) is 0 Å². The Morgan fingerprint density at radius 1 is 0.895 bits per heavy atom. The number of hydrogen-bond acceptors (Lipinski definition) is 3. The predicted octanol–water partition coefficient (Wildman–Crippen LogP) is 1.66. The average Bonchev–Trinajstić information content (AvgIpc) is 2.47. The summed E-state index contributed by atoms with van der Waals surface area (Å²) >= 11 is 0. The number of aliphatic hydroxyl groups excluding tert-OH is 1. The van der Waals surface area contributed by atoms with E-state index in [1.807, 2.05) is 0 Å². The Balaban J connectivity index is 2.05. The van der Waals surface area contributed by atoms with Crippen LogP contribution in [0.15, 0.2) is 59.5 Å². The lowest BCUT2D eigenvalue weighted by atomic mass is 10.1. The van der Waals surface area contributed by atoms with Gasteiger partial charge in [0.25, 0.3) is 0 Å². The van der Waals surface area contributed by atoms with E-state index in [0.717, 1.165) is 11.1 Å². The molecule has 0 amide bonds. The fourth-order valence-electron chi connectivity index (χ4n) is 1.62. The van der Waals surface area contributed by atoms with Crippen LogP contribution in [0.25, 0.3) is 0 Å². The van der Waals surface area contributed by atoms with Crippen molar-refractivity contribution in [3.63, 3.8) is 0 Å². The van der Waals surface area contributed by atoms with E-state index in [0.29, 0.717) is 0 Å². The normalized spacial score (nSPS) is 11.4. The summed E-state index contributed by atoms with van der Waals surface area (Å²) in [4.78, 5) is 0.252. The molecule has 2 N–H and O–H groups in total. The Morgan fingerprint density at radius 2 is 1.47 bits per heavy atom. The highest BCUT2D eigenvalue weighted by Crippen LogP contribution is 2.09. The molecule has 0 aliphatic carbocycles. The molecule has 0 unspecified atom stereocenters. The van der Waals surface area contributed by atoms with Crippen molar-refractivity contribution >= 4 is 10.0 Å². The van der Waals surface area contributed by atoms with Gasteiger partial charge < -0.3 is 5.11 Å². The van der Waals surface area contributed by atoms with Crippen molar-refractivity contribution in [3.8, 4) is 0 Å². The van der Waals surface area contributed by atoms with E-state index < -0.39 is 10.0 Å². The fraction of sp³-hybridized carbons (Fsp3) is 0.143. The van der Waals surface area contributed by atoms with Crippen molar-refractivity contribution in [2.45, 2.75) is 18.0 Å². The van der Waals surface area contributed by atoms with Crippen LogP contribution in [-0.4, -0.2) is 13.5 Å². The maximum absolute atomic E-state index is 12.0. The van der Waals surface area contributed by atoms with Gasteiger partial charge in [0.1, 0.15) is 0 Å². The molecule has 0 spiro atoms. The standard InChI is InChI=1S/C14H15NO3S/c16-11-13-8-6-12(7-9-13)10-15-19(17,18)14-4-2-1-3-5-14/h1-9,15-16H,10-11H2. The summed E-state index contributed by atoms with van der Waals surface area (Å²) in [5, 5.41) is 8.92. The second-order valence-corrected chi connectivity index (χ2v) is 5.88. The molecule has 100 valence electrons. The van der Waals surface area contributed by atoms with Gasteiger partial charge >= 0.3 is 0 Å². The van der Waals surface area contributed by atoms with Gasteiger partial charge in [-0.1, -0.05) is 42.5 Å². The van der Waals surface area contributed by atoms with Gasteiger partial charge in [0.15, 0.2) is 0 Å². The second kappa shape index (κ2) is 5.97. The maximum atomic E-state index is 12.0. The van der Waals surface area contributed by atoms with Crippen LogP contribution in [-0.2, 0) is 23.2 Å². The highest BCUT2D eigenvalue weighted by Gasteiger charge is 2.12. The van der Waals surface area contributed by atoms with E-state index in [9.17, 15) is 8.42 Å². The minimum atomic E-state index is -3.47. The highest BCUT2D eigenvalue weighted by molar-refractivity contribution is 7.89. The lowest BCUT2D eigenvalue weighted by Gasteiger charge is -2.07. The minimum Gasteiger partial charge on any atom is -0.392 e. The van der Waals surface area contributed by atoms with E-state index in [1.54, 1.807) is 54.6 Å². The Morgan fingerprint density at radius 3 is 2.05 bits per heavy atom. The van der Waals surface area contributed by atoms with Crippen LogP contribution in [0.2, 0.25) is 0 Å². The summed E-state index contributed by atoms with van der Waals surface area (Å²) in [5.41, 5.74) is 1.64. The molecule has 4 nitrogen and oxygen atoms in total. The Bertz CT molecular complexity index is 622. The Hall–Kier alpha value is -1.69. The quantitative estimate of drug-likeness (QED) is 0.873. The van der Waals surface area contributed by atoms with Gasteiger partial charge in [0.2, 0.25) is 10.0 Å². The predicted molar refractivity (Wildman–Crippen MR) is 72.8 cm³/mol. The molecule has 0 fully saturated rings. The monoisotopic (exact) mass is 277 g/mol. The Labute approximate surface area is 112 Å². The molecule has 0 aromatic heterocycles. The SMILES string of the molecule is O=S(=O)(NCc1ccc(CO)cc1)c1ccccc1. The van der Waals surface area contributed by atoms with Gasteiger partial charge in [0, 0.05) is 6.54 Å². The topological polar surface area (TPSA) is 66.4 Å². The first-order valence-corrected chi connectivity index (χ1v) is 7.33. The van der Waals surface area contributed by atoms with E-state index in [2.05, 4.69) is 4.72 Å². The number of nitrogens with one attached hydrogen (secondary N) is 1. The Kier molecular flexibility index (Phi) is 4.31. The molecule has 5 heteroatoms. The summed E-state index contributed by atoms with van der Waals surface area (Å²) in [6.07, 6.45) is 0. The van der Waals surface area contributed by atoms with Crippen molar-refractivity contribution < 1.29 is 13.5 Å². The molecule has 2 rings (SSSR count). The van der Waals surface area contributed by atoms with Crippen LogP contribution >= 0.6 is 0 Å². The van der Waals surface area contributed by atoms with Crippen molar-refractivity contribution in [3.05, 3.63) is 65.7 Å². The van der Waals surface area contributed by atoms with Crippen molar-refractivity contribution in [1.82, 2.24) is 4.72 Å². The molecule has 0 atom stereocenters. The first-order chi connectivity index (χ1) is 9.12. The van der Waals surface area contributed by atoms with Crippen LogP contribution in [0.1, 0.15) is 11.1 Å². The van der Waals surface area contributed by atoms with Crippen molar-refractivity contribution in [2.24, 2.45) is 0 Å².